The fourth-order valence-corrected chi connectivity index (χ4v) is 5.43. The molecule has 2 aliphatic heterocycles. The first-order chi connectivity index (χ1) is 18.8. The predicted octanol–water partition coefficient (Wildman–Crippen LogP) is 2.10. The van der Waals surface area contributed by atoms with E-state index >= 15 is 0 Å². The van der Waals surface area contributed by atoms with Gasteiger partial charge in [-0.15, -0.1) is 0 Å². The zero-order valence-corrected chi connectivity index (χ0v) is 22.3. The van der Waals surface area contributed by atoms with Gasteiger partial charge in [-0.05, 0) is 42.9 Å². The van der Waals surface area contributed by atoms with E-state index in [1.807, 2.05) is 24.3 Å². The van der Waals surface area contributed by atoms with Crippen molar-refractivity contribution in [2.24, 2.45) is 5.92 Å². The summed E-state index contributed by atoms with van der Waals surface area (Å²) in [4.78, 5) is 56.3. The standard InChI is InChI=1S/C29H37N5O5/c1-30-29(39)23-17-34(26(36)11-5-10-22-13-12-20-9-6-14-31-28(20)32-22)18-24(23)33-25(35)15-21(16-27(37)38)19-7-3-2-4-8-19/h2-4,7-8,12-13,21,23-24H,5-6,9-11,14-18H2,1H3,(H,30,39)(H,31,32)(H,33,35)(H,37,38)/t21?,23-,24-/m1/s1. The zero-order valence-electron chi connectivity index (χ0n) is 22.3. The molecule has 1 unspecified atom stereocenters. The summed E-state index contributed by atoms with van der Waals surface area (Å²) in [7, 11) is 1.53. The number of carboxylic acid groups (broad SMARTS) is 1. The van der Waals surface area contributed by atoms with Crippen molar-refractivity contribution < 1.29 is 24.3 Å². The van der Waals surface area contributed by atoms with Crippen molar-refractivity contribution in [3.05, 3.63) is 59.3 Å². The number of fused-ring (bicyclic) bond motifs is 1. The highest BCUT2D eigenvalue weighted by Gasteiger charge is 2.40. The molecule has 0 aliphatic carbocycles. The number of anilines is 1. The lowest BCUT2D eigenvalue weighted by molar-refractivity contribution is -0.137. The number of likely N-dealkylation sites (tertiary alicyclic amines) is 1. The first kappa shape index (κ1) is 28.1. The number of nitrogens with one attached hydrogen (secondary N) is 3. The third-order valence-corrected chi connectivity index (χ3v) is 7.50. The van der Waals surface area contributed by atoms with Gasteiger partial charge in [-0.2, -0.15) is 0 Å². The average Bonchev–Trinajstić information content (AvgIpc) is 3.36. The Hall–Kier alpha value is -3.95. The molecule has 4 rings (SSSR count). The summed E-state index contributed by atoms with van der Waals surface area (Å²) in [6.07, 6.45) is 3.56. The topological polar surface area (TPSA) is 141 Å². The second-order valence-electron chi connectivity index (χ2n) is 10.3. The Bertz CT molecular complexity index is 1190. The molecule has 0 bridgehead atoms. The molecule has 3 heterocycles. The van der Waals surface area contributed by atoms with Crippen LogP contribution in [-0.2, 0) is 32.0 Å². The van der Waals surface area contributed by atoms with Crippen molar-refractivity contribution in [2.45, 2.75) is 56.9 Å². The van der Waals surface area contributed by atoms with E-state index in [4.69, 9.17) is 0 Å². The molecule has 208 valence electrons. The molecule has 1 saturated heterocycles. The second-order valence-corrected chi connectivity index (χ2v) is 10.3. The molecule has 4 N–H and O–H groups in total. The molecule has 10 nitrogen and oxygen atoms in total. The fraction of sp³-hybridized carbons (Fsp3) is 0.483. The number of carbonyl (C=O) groups is 4. The highest BCUT2D eigenvalue weighted by Crippen LogP contribution is 2.25. The summed E-state index contributed by atoms with van der Waals surface area (Å²) in [6, 6.07) is 12.6. The van der Waals surface area contributed by atoms with Crippen molar-refractivity contribution in [1.29, 1.82) is 0 Å². The number of aliphatic carboxylic acids is 1. The van der Waals surface area contributed by atoms with Crippen LogP contribution in [0.15, 0.2) is 42.5 Å². The van der Waals surface area contributed by atoms with Gasteiger partial charge >= 0.3 is 5.97 Å². The Morgan fingerprint density at radius 1 is 1.10 bits per heavy atom. The lowest BCUT2D eigenvalue weighted by Crippen LogP contribution is -2.46. The van der Waals surface area contributed by atoms with Gasteiger partial charge in [-0.25, -0.2) is 4.98 Å². The summed E-state index contributed by atoms with van der Waals surface area (Å²) in [6.45, 7) is 1.38. The summed E-state index contributed by atoms with van der Waals surface area (Å²) in [5.41, 5.74) is 2.94. The van der Waals surface area contributed by atoms with E-state index < -0.39 is 23.8 Å². The molecule has 1 aromatic heterocycles. The number of amides is 3. The van der Waals surface area contributed by atoms with Gasteiger partial charge in [0.05, 0.1) is 18.4 Å². The first-order valence-corrected chi connectivity index (χ1v) is 13.6. The van der Waals surface area contributed by atoms with Crippen LogP contribution in [0, 0.1) is 5.92 Å². The van der Waals surface area contributed by atoms with Crippen molar-refractivity contribution in [3.63, 3.8) is 0 Å². The lowest BCUT2D eigenvalue weighted by Gasteiger charge is -2.21. The first-order valence-electron chi connectivity index (χ1n) is 13.6. The SMILES string of the molecule is CNC(=O)[C@@H]1CN(C(=O)CCCc2ccc3c(n2)NCCC3)C[C@H]1NC(=O)CC(CC(=O)O)c1ccccc1. The van der Waals surface area contributed by atoms with Crippen LogP contribution in [0.2, 0.25) is 0 Å². The number of carbonyl (C=O) groups excluding carboxylic acids is 3. The summed E-state index contributed by atoms with van der Waals surface area (Å²) in [5, 5.41) is 18.2. The molecule has 3 amide bonds. The minimum atomic E-state index is -0.987. The van der Waals surface area contributed by atoms with E-state index in [0.717, 1.165) is 36.5 Å². The maximum absolute atomic E-state index is 13.0. The quantitative estimate of drug-likeness (QED) is 0.345. The van der Waals surface area contributed by atoms with Gasteiger partial charge < -0.3 is 26.0 Å². The summed E-state index contributed by atoms with van der Waals surface area (Å²) in [5.74, 6) is -1.77. The smallest absolute Gasteiger partial charge is 0.303 e. The minimum absolute atomic E-state index is 0.0239. The number of pyridine rings is 1. The fourth-order valence-electron chi connectivity index (χ4n) is 5.43. The van der Waals surface area contributed by atoms with Gasteiger partial charge in [0, 0.05) is 51.1 Å². The van der Waals surface area contributed by atoms with Crippen LogP contribution in [0.3, 0.4) is 0 Å². The van der Waals surface area contributed by atoms with E-state index in [1.165, 1.54) is 12.6 Å². The van der Waals surface area contributed by atoms with E-state index in [9.17, 15) is 24.3 Å². The van der Waals surface area contributed by atoms with Crippen molar-refractivity contribution >= 4 is 29.5 Å². The lowest BCUT2D eigenvalue weighted by atomic mass is 9.92. The number of hydrogen-bond donors (Lipinski definition) is 4. The normalized spacial score (nSPS) is 18.9. The largest absolute Gasteiger partial charge is 0.481 e. The van der Waals surface area contributed by atoms with Gasteiger partial charge in [0.15, 0.2) is 0 Å². The van der Waals surface area contributed by atoms with Gasteiger partial charge in [0.25, 0.3) is 0 Å². The van der Waals surface area contributed by atoms with E-state index in [2.05, 4.69) is 27.0 Å². The monoisotopic (exact) mass is 535 g/mol. The molecular weight excluding hydrogens is 498 g/mol. The average molecular weight is 536 g/mol. The van der Waals surface area contributed by atoms with E-state index in [0.29, 0.717) is 19.3 Å². The van der Waals surface area contributed by atoms with Crippen LogP contribution < -0.4 is 16.0 Å². The summed E-state index contributed by atoms with van der Waals surface area (Å²) >= 11 is 0. The highest BCUT2D eigenvalue weighted by molar-refractivity contribution is 5.85. The molecule has 2 aromatic rings. The molecule has 0 saturated carbocycles. The van der Waals surface area contributed by atoms with Crippen LogP contribution in [0.5, 0.6) is 0 Å². The van der Waals surface area contributed by atoms with E-state index in [-0.39, 0.29) is 43.7 Å². The molecule has 39 heavy (non-hydrogen) atoms. The number of aromatic nitrogens is 1. The van der Waals surface area contributed by atoms with Crippen LogP contribution in [-0.4, -0.2) is 71.4 Å². The predicted molar refractivity (Wildman–Crippen MR) is 146 cm³/mol. The third kappa shape index (κ3) is 7.55. The highest BCUT2D eigenvalue weighted by atomic mass is 16.4. The molecule has 0 spiro atoms. The molecule has 3 atom stereocenters. The van der Waals surface area contributed by atoms with Gasteiger partial charge in [0.2, 0.25) is 17.7 Å². The van der Waals surface area contributed by atoms with Gasteiger partial charge in [0.1, 0.15) is 5.82 Å². The Morgan fingerprint density at radius 2 is 1.90 bits per heavy atom. The van der Waals surface area contributed by atoms with E-state index in [1.54, 1.807) is 17.0 Å². The van der Waals surface area contributed by atoms with Crippen molar-refractivity contribution in [3.8, 4) is 0 Å². The Balaban J connectivity index is 1.33. The molecule has 10 heteroatoms. The maximum Gasteiger partial charge on any atom is 0.303 e. The molecular formula is C29H37N5O5. The number of carboxylic acids is 1. The number of aryl methyl sites for hydroxylation is 2. The van der Waals surface area contributed by atoms with Crippen LogP contribution in [0.1, 0.15) is 54.8 Å². The number of benzene rings is 1. The number of hydrogen-bond acceptors (Lipinski definition) is 6. The second kappa shape index (κ2) is 13.2. The molecule has 1 fully saturated rings. The zero-order chi connectivity index (χ0) is 27.8. The Morgan fingerprint density at radius 3 is 2.64 bits per heavy atom. The number of rotatable bonds is 11. The van der Waals surface area contributed by atoms with Crippen molar-refractivity contribution in [2.75, 3.05) is 32.0 Å². The third-order valence-electron chi connectivity index (χ3n) is 7.50. The number of nitrogens with zero attached hydrogens (tertiary/aromatic N) is 2. The molecule has 2 aliphatic rings. The van der Waals surface area contributed by atoms with Gasteiger partial charge in [-0.1, -0.05) is 36.4 Å². The summed E-state index contributed by atoms with van der Waals surface area (Å²) < 4.78 is 0. The van der Waals surface area contributed by atoms with Crippen LogP contribution >= 0.6 is 0 Å². The minimum Gasteiger partial charge on any atom is -0.481 e. The van der Waals surface area contributed by atoms with Crippen LogP contribution in [0.4, 0.5) is 5.82 Å². The van der Waals surface area contributed by atoms with Gasteiger partial charge in [-0.3, -0.25) is 19.2 Å². The molecule has 1 aromatic carbocycles. The molecule has 0 radical (unpaired) electrons. The Labute approximate surface area is 228 Å². The van der Waals surface area contributed by atoms with Crippen molar-refractivity contribution in [1.82, 2.24) is 20.5 Å². The Kier molecular flexibility index (Phi) is 9.51. The van der Waals surface area contributed by atoms with Crippen LogP contribution in [0.25, 0.3) is 0 Å². The maximum atomic E-state index is 13.0.